The zero-order chi connectivity index (χ0) is 28.7. The first-order valence-corrected chi connectivity index (χ1v) is 13.3. The predicted molar refractivity (Wildman–Crippen MR) is 168 cm³/mol. The Hall–Kier alpha value is -6.02. The zero-order valence-corrected chi connectivity index (χ0v) is 22.4. The number of amides is 2. The van der Waals surface area contributed by atoms with Gasteiger partial charge in [-0.2, -0.15) is 0 Å². The lowest BCUT2D eigenvalue weighted by Crippen LogP contribution is -2.12. The van der Waals surface area contributed by atoms with Crippen LogP contribution in [0, 0.1) is 0 Å². The second kappa shape index (κ2) is 12.0. The van der Waals surface area contributed by atoms with Gasteiger partial charge in [-0.3, -0.25) is 19.6 Å². The third-order valence-electron chi connectivity index (χ3n) is 6.59. The molecule has 0 aliphatic heterocycles. The molecule has 2 heterocycles. The van der Waals surface area contributed by atoms with Crippen LogP contribution in [0.5, 0.6) is 0 Å². The number of aromatic nitrogens is 2. The van der Waals surface area contributed by atoms with Gasteiger partial charge in [-0.1, -0.05) is 12.1 Å². The smallest absolute Gasteiger partial charge is 0.255 e. The molecule has 0 aliphatic carbocycles. The molecule has 4 N–H and O–H groups in total. The van der Waals surface area contributed by atoms with Crippen LogP contribution >= 0.6 is 0 Å². The van der Waals surface area contributed by atoms with Crippen LogP contribution in [-0.2, 0) is 0 Å². The van der Waals surface area contributed by atoms with E-state index >= 15 is 0 Å². The average Bonchev–Trinajstić information content (AvgIpc) is 3.03. The van der Waals surface area contributed by atoms with Gasteiger partial charge in [0.05, 0.1) is 0 Å². The van der Waals surface area contributed by atoms with E-state index < -0.39 is 0 Å². The first kappa shape index (κ1) is 26.2. The number of fused-ring (bicyclic) bond motifs is 1. The summed E-state index contributed by atoms with van der Waals surface area (Å²) in [4.78, 5) is 33.9. The fraction of sp³-hybridized carbons (Fsp3) is 0. The van der Waals surface area contributed by atoms with Gasteiger partial charge in [0, 0.05) is 70.0 Å². The van der Waals surface area contributed by atoms with E-state index in [1.807, 2.05) is 97.1 Å². The Morgan fingerprint density at radius 2 is 0.738 bits per heavy atom. The van der Waals surface area contributed by atoms with Gasteiger partial charge in [0.25, 0.3) is 11.8 Å². The summed E-state index contributed by atoms with van der Waals surface area (Å²) < 4.78 is 0. The molecule has 6 aromatic rings. The SMILES string of the molecule is O=C(Nc1ccc(Nc2ccncc2)cc1)c1ccc2cc(C(=O)Nc3ccc(Nc4ccncc4)cc3)ccc2c1. The van der Waals surface area contributed by atoms with Crippen molar-refractivity contribution >= 4 is 56.7 Å². The maximum Gasteiger partial charge on any atom is 0.255 e. The molecule has 0 bridgehead atoms. The van der Waals surface area contributed by atoms with Crippen molar-refractivity contribution in [3.8, 4) is 0 Å². The van der Waals surface area contributed by atoms with Gasteiger partial charge in [-0.25, -0.2) is 0 Å². The molecule has 6 rings (SSSR count). The molecule has 0 aliphatic rings. The lowest BCUT2D eigenvalue weighted by atomic mass is 10.0. The number of benzene rings is 4. The quantitative estimate of drug-likeness (QED) is 0.155. The number of nitrogens with one attached hydrogen (secondary N) is 4. The molecule has 0 fully saturated rings. The van der Waals surface area contributed by atoms with Crippen molar-refractivity contribution < 1.29 is 9.59 Å². The Labute approximate surface area is 242 Å². The minimum atomic E-state index is -0.213. The predicted octanol–water partition coefficient (Wildman–Crippen LogP) is 7.62. The highest BCUT2D eigenvalue weighted by Crippen LogP contribution is 2.23. The van der Waals surface area contributed by atoms with E-state index in [0.717, 1.165) is 33.5 Å². The monoisotopic (exact) mass is 550 g/mol. The standard InChI is InChI=1S/C34H26N6O2/c41-33(39-29-9-5-27(6-10-29)37-31-13-17-35-18-14-31)25-3-1-23-21-26(4-2-24(23)22-25)34(42)40-30-11-7-28(8-12-30)38-32-15-19-36-20-16-32/h1-22H,(H,35,37)(H,36,38)(H,39,41)(H,40,42). The Kier molecular flexibility index (Phi) is 7.50. The topological polar surface area (TPSA) is 108 Å². The second-order valence-corrected chi connectivity index (χ2v) is 9.56. The van der Waals surface area contributed by atoms with Crippen LogP contribution < -0.4 is 21.3 Å². The molecule has 0 atom stereocenters. The summed E-state index contributed by atoms with van der Waals surface area (Å²) in [5.41, 5.74) is 6.10. The van der Waals surface area contributed by atoms with Crippen LogP contribution in [0.4, 0.5) is 34.1 Å². The number of anilines is 6. The van der Waals surface area contributed by atoms with Crippen molar-refractivity contribution in [3.05, 3.63) is 145 Å². The van der Waals surface area contributed by atoms with E-state index in [2.05, 4.69) is 31.2 Å². The first-order chi connectivity index (χ1) is 20.6. The van der Waals surface area contributed by atoms with Crippen LogP contribution in [0.15, 0.2) is 134 Å². The number of pyridine rings is 2. The summed E-state index contributed by atoms with van der Waals surface area (Å²) in [5.74, 6) is -0.425. The normalized spacial score (nSPS) is 10.6. The van der Waals surface area contributed by atoms with Gasteiger partial charge in [0.15, 0.2) is 0 Å². The highest BCUT2D eigenvalue weighted by molar-refractivity contribution is 6.09. The van der Waals surface area contributed by atoms with Crippen molar-refractivity contribution in [1.29, 1.82) is 0 Å². The second-order valence-electron chi connectivity index (χ2n) is 9.56. The molecule has 4 aromatic carbocycles. The Morgan fingerprint density at radius 1 is 0.405 bits per heavy atom. The van der Waals surface area contributed by atoms with Gasteiger partial charge < -0.3 is 21.3 Å². The molecule has 0 unspecified atom stereocenters. The summed E-state index contributed by atoms with van der Waals surface area (Å²) in [6.07, 6.45) is 6.89. The molecule has 0 radical (unpaired) electrons. The van der Waals surface area contributed by atoms with Crippen LogP contribution in [0.3, 0.4) is 0 Å². The van der Waals surface area contributed by atoms with Crippen molar-refractivity contribution in [2.45, 2.75) is 0 Å². The number of rotatable bonds is 8. The maximum atomic E-state index is 12.9. The molecule has 8 heteroatoms. The molecular formula is C34H26N6O2. The highest BCUT2D eigenvalue weighted by Gasteiger charge is 2.11. The number of nitrogens with zero attached hydrogens (tertiary/aromatic N) is 2. The summed E-state index contributed by atoms with van der Waals surface area (Å²) >= 11 is 0. The molecule has 0 saturated heterocycles. The number of hydrogen-bond donors (Lipinski definition) is 4. The molecule has 204 valence electrons. The number of carbonyl (C=O) groups is 2. The fourth-order valence-electron chi connectivity index (χ4n) is 4.41. The van der Waals surface area contributed by atoms with E-state index in [1.165, 1.54) is 0 Å². The Bertz CT molecular complexity index is 1700. The molecule has 42 heavy (non-hydrogen) atoms. The molecule has 2 amide bonds. The zero-order valence-electron chi connectivity index (χ0n) is 22.4. The van der Waals surface area contributed by atoms with Crippen molar-refractivity contribution in [1.82, 2.24) is 9.97 Å². The van der Waals surface area contributed by atoms with Gasteiger partial charge in [-0.05, 0) is 108 Å². The molecule has 2 aromatic heterocycles. The van der Waals surface area contributed by atoms with Crippen LogP contribution in [0.1, 0.15) is 20.7 Å². The van der Waals surface area contributed by atoms with Gasteiger partial charge in [0.1, 0.15) is 0 Å². The molecule has 0 spiro atoms. The number of carbonyl (C=O) groups excluding carboxylic acids is 2. The molecule has 0 saturated carbocycles. The lowest BCUT2D eigenvalue weighted by molar-refractivity contribution is 0.101. The summed E-state index contributed by atoms with van der Waals surface area (Å²) in [6, 6.07) is 33.4. The van der Waals surface area contributed by atoms with Gasteiger partial charge >= 0.3 is 0 Å². The van der Waals surface area contributed by atoms with E-state index in [1.54, 1.807) is 36.9 Å². The Balaban J connectivity index is 1.07. The Morgan fingerprint density at radius 3 is 1.12 bits per heavy atom. The minimum absolute atomic E-state index is 0.213. The minimum Gasteiger partial charge on any atom is -0.355 e. The van der Waals surface area contributed by atoms with Crippen LogP contribution in [-0.4, -0.2) is 21.8 Å². The summed E-state index contributed by atoms with van der Waals surface area (Å²) in [6.45, 7) is 0. The number of hydrogen-bond acceptors (Lipinski definition) is 6. The maximum absolute atomic E-state index is 12.9. The third kappa shape index (κ3) is 6.40. The van der Waals surface area contributed by atoms with Crippen LogP contribution in [0.2, 0.25) is 0 Å². The van der Waals surface area contributed by atoms with E-state index in [9.17, 15) is 9.59 Å². The molecular weight excluding hydrogens is 524 g/mol. The molecule has 8 nitrogen and oxygen atoms in total. The largest absolute Gasteiger partial charge is 0.355 e. The average molecular weight is 551 g/mol. The third-order valence-corrected chi connectivity index (χ3v) is 6.59. The van der Waals surface area contributed by atoms with E-state index in [0.29, 0.717) is 22.5 Å². The van der Waals surface area contributed by atoms with E-state index in [4.69, 9.17) is 0 Å². The lowest BCUT2D eigenvalue weighted by Gasteiger charge is -2.10. The van der Waals surface area contributed by atoms with Crippen LogP contribution in [0.25, 0.3) is 10.8 Å². The van der Waals surface area contributed by atoms with E-state index in [-0.39, 0.29) is 11.8 Å². The van der Waals surface area contributed by atoms with Crippen molar-refractivity contribution in [2.75, 3.05) is 21.3 Å². The highest BCUT2D eigenvalue weighted by atomic mass is 16.2. The van der Waals surface area contributed by atoms with Gasteiger partial charge in [0.2, 0.25) is 0 Å². The van der Waals surface area contributed by atoms with Crippen molar-refractivity contribution in [3.63, 3.8) is 0 Å². The van der Waals surface area contributed by atoms with Crippen molar-refractivity contribution in [2.24, 2.45) is 0 Å². The summed E-state index contributed by atoms with van der Waals surface area (Å²) in [7, 11) is 0. The first-order valence-electron chi connectivity index (χ1n) is 13.3. The fourth-order valence-corrected chi connectivity index (χ4v) is 4.41. The van der Waals surface area contributed by atoms with Gasteiger partial charge in [-0.15, -0.1) is 0 Å². The summed E-state index contributed by atoms with van der Waals surface area (Å²) in [5, 5.41) is 14.2.